The minimum absolute atomic E-state index is 0.0211. The molecule has 1 amide bonds. The molecule has 0 aliphatic heterocycles. The van der Waals surface area contributed by atoms with Gasteiger partial charge >= 0.3 is 5.97 Å². The Balaban J connectivity index is 2.73. The molecule has 1 heterocycles. The summed E-state index contributed by atoms with van der Waals surface area (Å²) in [5.41, 5.74) is -1.31. The fourth-order valence-corrected chi connectivity index (χ4v) is 2.76. The third kappa shape index (κ3) is 4.87. The number of hydrogen-bond donors (Lipinski definition) is 3. The first-order chi connectivity index (χ1) is 9.42. The Hall–Kier alpha value is -1.87. The molecular formula is C12H18N2O6S. The second-order valence-electron chi connectivity index (χ2n) is 5.17. The van der Waals surface area contributed by atoms with Crippen molar-refractivity contribution in [2.75, 3.05) is 6.26 Å². The number of sulfonamides is 1. The summed E-state index contributed by atoms with van der Waals surface area (Å²) in [6, 6.07) is 1.31. The minimum Gasteiger partial charge on any atom is -0.478 e. The maximum atomic E-state index is 11.9. The molecule has 1 aromatic heterocycles. The molecule has 0 aliphatic carbocycles. The van der Waals surface area contributed by atoms with Gasteiger partial charge in [-0.1, -0.05) is 0 Å². The van der Waals surface area contributed by atoms with Gasteiger partial charge in [0.25, 0.3) is 0 Å². The topological polar surface area (TPSA) is 126 Å². The molecule has 0 aromatic carbocycles. The van der Waals surface area contributed by atoms with Crippen LogP contribution in [0.1, 0.15) is 35.7 Å². The quantitative estimate of drug-likeness (QED) is 0.689. The zero-order valence-corrected chi connectivity index (χ0v) is 13.0. The number of amides is 1. The van der Waals surface area contributed by atoms with Crippen molar-refractivity contribution in [2.24, 2.45) is 0 Å². The smallest absolute Gasteiger partial charge is 0.339 e. The SMILES string of the molecule is Cc1oc(CNC(=O)C(C)(C)NS(C)(=O)=O)cc1C(=O)O. The van der Waals surface area contributed by atoms with Crippen molar-refractivity contribution in [3.63, 3.8) is 0 Å². The highest BCUT2D eigenvalue weighted by molar-refractivity contribution is 7.88. The van der Waals surface area contributed by atoms with E-state index in [0.29, 0.717) is 0 Å². The second kappa shape index (κ2) is 5.86. The van der Waals surface area contributed by atoms with Gasteiger partial charge in [-0.2, -0.15) is 0 Å². The zero-order chi connectivity index (χ0) is 16.4. The Morgan fingerprint density at radius 1 is 1.38 bits per heavy atom. The monoisotopic (exact) mass is 318 g/mol. The van der Waals surface area contributed by atoms with E-state index in [1.54, 1.807) is 0 Å². The van der Waals surface area contributed by atoms with E-state index in [9.17, 15) is 18.0 Å². The lowest BCUT2D eigenvalue weighted by Gasteiger charge is -2.23. The molecule has 21 heavy (non-hydrogen) atoms. The maximum Gasteiger partial charge on any atom is 0.339 e. The highest BCUT2D eigenvalue weighted by Crippen LogP contribution is 2.14. The number of carbonyl (C=O) groups excluding carboxylic acids is 1. The Morgan fingerprint density at radius 3 is 2.38 bits per heavy atom. The lowest BCUT2D eigenvalue weighted by atomic mass is 10.1. The van der Waals surface area contributed by atoms with Gasteiger partial charge in [0.2, 0.25) is 15.9 Å². The average molecular weight is 318 g/mol. The molecule has 0 radical (unpaired) electrons. The summed E-state index contributed by atoms with van der Waals surface area (Å²) in [6.45, 7) is 4.30. The van der Waals surface area contributed by atoms with Gasteiger partial charge in [0, 0.05) is 0 Å². The lowest BCUT2D eigenvalue weighted by Crippen LogP contribution is -2.54. The molecule has 8 nitrogen and oxygen atoms in total. The molecule has 118 valence electrons. The van der Waals surface area contributed by atoms with E-state index in [-0.39, 0.29) is 23.6 Å². The van der Waals surface area contributed by atoms with Crippen LogP contribution >= 0.6 is 0 Å². The highest BCUT2D eigenvalue weighted by atomic mass is 32.2. The molecule has 0 saturated heterocycles. The molecule has 0 fully saturated rings. The van der Waals surface area contributed by atoms with Gasteiger partial charge in [-0.05, 0) is 26.8 Å². The van der Waals surface area contributed by atoms with Crippen LogP contribution in [0.5, 0.6) is 0 Å². The summed E-state index contributed by atoms with van der Waals surface area (Å²) in [7, 11) is -3.54. The predicted octanol–water partition coefficient (Wildman–Crippen LogP) is 0.230. The standard InChI is InChI=1S/C12H18N2O6S/c1-7-9(10(15)16)5-8(20-7)6-13-11(17)12(2,3)14-21(4,18)19/h5,14H,6H2,1-4H3,(H,13,17)(H,15,16). The van der Waals surface area contributed by atoms with Gasteiger partial charge in [0.1, 0.15) is 22.6 Å². The maximum absolute atomic E-state index is 11.9. The van der Waals surface area contributed by atoms with Gasteiger partial charge in [0.15, 0.2) is 0 Å². The number of hydrogen-bond acceptors (Lipinski definition) is 5. The normalized spacial score (nSPS) is 12.2. The fraction of sp³-hybridized carbons (Fsp3) is 0.500. The number of carboxylic acids is 1. The van der Waals surface area contributed by atoms with E-state index in [2.05, 4.69) is 10.0 Å². The highest BCUT2D eigenvalue weighted by Gasteiger charge is 2.30. The summed E-state index contributed by atoms with van der Waals surface area (Å²) in [5, 5.41) is 11.4. The summed E-state index contributed by atoms with van der Waals surface area (Å²) >= 11 is 0. The summed E-state index contributed by atoms with van der Waals surface area (Å²) in [4.78, 5) is 22.8. The summed E-state index contributed by atoms with van der Waals surface area (Å²) in [5.74, 6) is -1.17. The molecule has 9 heteroatoms. The van der Waals surface area contributed by atoms with Crippen molar-refractivity contribution in [1.82, 2.24) is 10.0 Å². The molecule has 0 bridgehead atoms. The van der Waals surface area contributed by atoms with Crippen LogP contribution in [0.4, 0.5) is 0 Å². The first kappa shape index (κ1) is 17.2. The molecule has 0 saturated carbocycles. The van der Waals surface area contributed by atoms with Crippen molar-refractivity contribution in [2.45, 2.75) is 32.9 Å². The average Bonchev–Trinajstić information content (AvgIpc) is 2.64. The van der Waals surface area contributed by atoms with Gasteiger partial charge in [-0.3, -0.25) is 4.79 Å². The Bertz CT molecular complexity index is 659. The van der Waals surface area contributed by atoms with Crippen LogP contribution in [0.2, 0.25) is 0 Å². The Morgan fingerprint density at radius 2 is 1.95 bits per heavy atom. The van der Waals surface area contributed by atoms with Gasteiger partial charge in [-0.25, -0.2) is 17.9 Å². The van der Waals surface area contributed by atoms with Crippen LogP contribution in [0.25, 0.3) is 0 Å². The van der Waals surface area contributed by atoms with Crippen LogP contribution in [-0.4, -0.2) is 37.2 Å². The summed E-state index contributed by atoms with van der Waals surface area (Å²) < 4.78 is 29.8. The lowest BCUT2D eigenvalue weighted by molar-refractivity contribution is -0.126. The van der Waals surface area contributed by atoms with E-state index in [1.807, 2.05) is 0 Å². The fourth-order valence-electron chi connectivity index (χ4n) is 1.74. The molecule has 0 aliphatic rings. The van der Waals surface area contributed by atoms with Gasteiger partial charge < -0.3 is 14.8 Å². The molecule has 3 N–H and O–H groups in total. The van der Waals surface area contributed by atoms with Crippen LogP contribution in [-0.2, 0) is 21.4 Å². The molecule has 0 unspecified atom stereocenters. The molecule has 0 atom stereocenters. The van der Waals surface area contributed by atoms with Crippen molar-refractivity contribution >= 4 is 21.9 Å². The van der Waals surface area contributed by atoms with Crippen LogP contribution < -0.4 is 10.0 Å². The molecule has 1 rings (SSSR count). The first-order valence-corrected chi connectivity index (χ1v) is 7.91. The van der Waals surface area contributed by atoms with Crippen molar-refractivity contribution in [1.29, 1.82) is 0 Å². The van der Waals surface area contributed by atoms with Gasteiger partial charge in [0.05, 0.1) is 12.8 Å². The van der Waals surface area contributed by atoms with Crippen molar-refractivity contribution < 1.29 is 27.5 Å². The van der Waals surface area contributed by atoms with Gasteiger partial charge in [-0.15, -0.1) is 0 Å². The molecule has 0 spiro atoms. The second-order valence-corrected chi connectivity index (χ2v) is 6.92. The third-order valence-electron chi connectivity index (χ3n) is 2.63. The number of aryl methyl sites for hydroxylation is 1. The number of carboxylic acid groups (broad SMARTS) is 1. The minimum atomic E-state index is -3.54. The van der Waals surface area contributed by atoms with Crippen molar-refractivity contribution in [3.05, 3.63) is 23.2 Å². The first-order valence-electron chi connectivity index (χ1n) is 6.02. The van der Waals surface area contributed by atoms with E-state index in [4.69, 9.17) is 9.52 Å². The number of nitrogens with one attached hydrogen (secondary N) is 2. The van der Waals surface area contributed by atoms with Crippen molar-refractivity contribution in [3.8, 4) is 0 Å². The number of carbonyl (C=O) groups is 2. The Kier molecular flexibility index (Phi) is 4.79. The number of rotatable bonds is 6. The van der Waals surface area contributed by atoms with E-state index >= 15 is 0 Å². The van der Waals surface area contributed by atoms with Crippen LogP contribution in [0.3, 0.4) is 0 Å². The largest absolute Gasteiger partial charge is 0.478 e. The predicted molar refractivity (Wildman–Crippen MR) is 74.3 cm³/mol. The number of aromatic carboxylic acids is 1. The van der Waals surface area contributed by atoms with E-state index < -0.39 is 27.4 Å². The molecular weight excluding hydrogens is 300 g/mol. The van der Waals surface area contributed by atoms with Crippen LogP contribution in [0, 0.1) is 6.92 Å². The number of furan rings is 1. The van der Waals surface area contributed by atoms with E-state index in [1.165, 1.54) is 26.8 Å². The van der Waals surface area contributed by atoms with E-state index in [0.717, 1.165) is 6.26 Å². The van der Waals surface area contributed by atoms with Crippen LogP contribution in [0.15, 0.2) is 10.5 Å². The Labute approximate surface area is 122 Å². The summed E-state index contributed by atoms with van der Waals surface area (Å²) in [6.07, 6.45) is 0.955. The molecule has 1 aromatic rings. The third-order valence-corrected chi connectivity index (χ3v) is 3.51. The zero-order valence-electron chi connectivity index (χ0n) is 12.2.